The van der Waals surface area contributed by atoms with E-state index in [-0.39, 0.29) is 28.5 Å². The molecule has 0 fully saturated rings. The fourth-order valence-corrected chi connectivity index (χ4v) is 8.42. The molecule has 0 atom stereocenters. The van der Waals surface area contributed by atoms with Crippen LogP contribution in [0.25, 0.3) is 55.7 Å². The number of hydrogen-bond acceptors (Lipinski definition) is 5. The topological polar surface area (TPSA) is 75.6 Å². The van der Waals surface area contributed by atoms with E-state index in [1.807, 2.05) is 133 Å². The maximum atomic E-state index is 9.89. The molecule has 9 aromatic rings. The second-order valence-corrected chi connectivity index (χ2v) is 17.7. The van der Waals surface area contributed by atoms with E-state index in [2.05, 4.69) is 16.0 Å². The van der Waals surface area contributed by atoms with Crippen LogP contribution in [0.5, 0.6) is 0 Å². The third-order valence-electron chi connectivity index (χ3n) is 12.1. The van der Waals surface area contributed by atoms with Gasteiger partial charge in [0.1, 0.15) is 11.2 Å². The number of rotatable bonds is 15. The number of aryl methyl sites for hydroxylation is 7. The Morgan fingerprint density at radius 1 is 0.493 bits per heavy atom. The Hall–Kier alpha value is -7.16. The van der Waals surface area contributed by atoms with Gasteiger partial charge in [0.05, 0.1) is 28.7 Å². The first-order valence-electron chi connectivity index (χ1n) is 28.7. The molecule has 9 rings (SSSR count). The lowest BCUT2D eigenvalue weighted by molar-refractivity contribution is 0.666. The third-order valence-corrected chi connectivity index (χ3v) is 12.1. The van der Waals surface area contributed by atoms with Gasteiger partial charge in [-0.15, -0.1) is 0 Å². The molecular weight excluding hydrogens is 817 g/mol. The molecule has 0 saturated heterocycles. The van der Waals surface area contributed by atoms with Crippen molar-refractivity contribution < 1.29 is 20.9 Å². The lowest BCUT2D eigenvalue weighted by Crippen LogP contribution is -2.05. The summed E-state index contributed by atoms with van der Waals surface area (Å²) < 4.78 is 124. The molecular formula is C62H60N4O. The lowest BCUT2D eigenvalue weighted by Gasteiger charge is -2.17. The zero-order valence-corrected chi connectivity index (χ0v) is 38.8. The number of nitrogens with zero attached hydrogens (tertiary/aromatic N) is 4. The van der Waals surface area contributed by atoms with Gasteiger partial charge in [0.2, 0.25) is 0 Å². The fraction of sp³-hybridized carbons (Fsp3) is 0.258. The number of hydrogen-bond donors (Lipinski definition) is 0. The quantitative estimate of drug-likeness (QED) is 0.102. The molecule has 0 spiro atoms. The minimum absolute atomic E-state index is 0.102. The van der Waals surface area contributed by atoms with Gasteiger partial charge in [0, 0.05) is 68.1 Å². The Labute approximate surface area is 413 Å². The monoisotopic (exact) mass is 889 g/mol. The zero-order valence-electron chi connectivity index (χ0n) is 50.8. The van der Waals surface area contributed by atoms with E-state index in [0.717, 1.165) is 40.1 Å². The maximum absolute atomic E-state index is 9.89. The van der Waals surface area contributed by atoms with Crippen molar-refractivity contribution in [3.63, 3.8) is 0 Å². The van der Waals surface area contributed by atoms with Crippen LogP contribution in [0.4, 0.5) is 0 Å². The first-order chi connectivity index (χ1) is 37.1. The van der Waals surface area contributed by atoms with Crippen LogP contribution in [0.3, 0.4) is 0 Å². The Morgan fingerprint density at radius 3 is 1.37 bits per heavy atom. The van der Waals surface area contributed by atoms with Gasteiger partial charge in [-0.25, -0.2) is 0 Å². The summed E-state index contributed by atoms with van der Waals surface area (Å²) in [4.78, 5) is 13.9. The summed E-state index contributed by atoms with van der Waals surface area (Å²) in [6.07, 6.45) is -14.5. The number of nitriles is 1. The van der Waals surface area contributed by atoms with Gasteiger partial charge in [-0.05, 0) is 149 Å². The van der Waals surface area contributed by atoms with Gasteiger partial charge in [-0.1, -0.05) is 133 Å². The Kier molecular flexibility index (Phi) is 9.58. The van der Waals surface area contributed by atoms with Crippen LogP contribution in [0.15, 0.2) is 150 Å². The van der Waals surface area contributed by atoms with Gasteiger partial charge in [-0.3, -0.25) is 15.0 Å². The average molecular weight is 889 g/mol. The van der Waals surface area contributed by atoms with Crippen molar-refractivity contribution in [2.24, 2.45) is 0 Å². The summed E-state index contributed by atoms with van der Waals surface area (Å²) in [6, 6.07) is 38.0. The van der Waals surface area contributed by atoms with Gasteiger partial charge in [-0.2, -0.15) is 5.26 Å². The van der Waals surface area contributed by atoms with E-state index in [1.165, 1.54) is 18.6 Å². The number of para-hydroxylation sites is 1. The molecule has 0 bridgehead atoms. The third kappa shape index (κ3) is 9.72. The van der Waals surface area contributed by atoms with Crippen molar-refractivity contribution in [2.75, 3.05) is 0 Å². The smallest absolute Gasteiger partial charge is 0.144 e. The summed E-state index contributed by atoms with van der Waals surface area (Å²) in [5, 5.41) is 11.3. The molecule has 67 heavy (non-hydrogen) atoms. The highest BCUT2D eigenvalue weighted by Crippen LogP contribution is 2.38. The molecule has 0 radical (unpaired) electrons. The molecule has 0 N–H and O–H groups in total. The van der Waals surface area contributed by atoms with Crippen molar-refractivity contribution in [1.29, 1.82) is 5.26 Å². The fourth-order valence-electron chi connectivity index (χ4n) is 8.42. The second kappa shape index (κ2) is 19.7. The van der Waals surface area contributed by atoms with Crippen molar-refractivity contribution in [1.82, 2.24) is 15.0 Å². The predicted octanol–water partition coefficient (Wildman–Crippen LogP) is 15.7. The van der Waals surface area contributed by atoms with Gasteiger partial charge >= 0.3 is 0 Å². The number of pyridine rings is 3. The van der Waals surface area contributed by atoms with Crippen LogP contribution in [0.1, 0.15) is 137 Å². The summed E-state index contributed by atoms with van der Waals surface area (Å²) in [6.45, 7) is 12.8. The Balaban J connectivity index is 1.22. The molecule has 5 heteroatoms. The SMILES string of the molecule is [2H]C([2H])(c1cc(C([2H])([2H])C([2H])([2H])c2cnc(-c3ccccc3)cc2C(C)C)cc(C([2H])([2H])C([2H])([2H])c2cnc(-c3cccc4c3oc3c(C)c(C#N)ccc34)cc2C(C)C)c1)C([2H])([2H])c1cnc(-c2ccccc2)cc1C(C)C. The summed E-state index contributed by atoms with van der Waals surface area (Å²) in [7, 11) is 0. The molecule has 0 aliphatic heterocycles. The number of aromatic nitrogens is 3. The highest BCUT2D eigenvalue weighted by molar-refractivity contribution is 6.10. The molecule has 5 nitrogen and oxygen atoms in total. The van der Waals surface area contributed by atoms with E-state index >= 15 is 0 Å². The van der Waals surface area contributed by atoms with Gasteiger partial charge < -0.3 is 4.42 Å². The van der Waals surface area contributed by atoms with Crippen LogP contribution < -0.4 is 0 Å². The maximum Gasteiger partial charge on any atom is 0.144 e. The van der Waals surface area contributed by atoms with E-state index in [1.54, 1.807) is 24.3 Å². The minimum Gasteiger partial charge on any atom is -0.455 e. The Morgan fingerprint density at radius 2 is 0.925 bits per heavy atom. The molecule has 0 unspecified atom stereocenters. The minimum atomic E-state index is -3.16. The van der Waals surface area contributed by atoms with Crippen LogP contribution in [-0.4, -0.2) is 15.0 Å². The normalized spacial score (nSPS) is 15.6. The van der Waals surface area contributed by atoms with E-state index in [0.29, 0.717) is 61.6 Å². The molecule has 0 amide bonds. The predicted molar refractivity (Wildman–Crippen MR) is 277 cm³/mol. The molecule has 4 heterocycles. The van der Waals surface area contributed by atoms with Crippen molar-refractivity contribution in [3.8, 4) is 39.8 Å². The van der Waals surface area contributed by atoms with E-state index in [4.69, 9.17) is 9.40 Å². The largest absolute Gasteiger partial charge is 0.455 e. The summed E-state index contributed by atoms with van der Waals surface area (Å²) in [5.41, 5.74) is 4.98. The number of benzene rings is 5. The average Bonchev–Trinajstić information content (AvgIpc) is 3.86. The van der Waals surface area contributed by atoms with Crippen molar-refractivity contribution in [2.45, 2.75) is 104 Å². The highest BCUT2D eigenvalue weighted by atomic mass is 16.3. The van der Waals surface area contributed by atoms with Gasteiger partial charge in [0.15, 0.2) is 0 Å². The summed E-state index contributed by atoms with van der Waals surface area (Å²) >= 11 is 0. The van der Waals surface area contributed by atoms with E-state index < -0.39 is 60.8 Å². The first kappa shape index (κ1) is 32.5. The van der Waals surface area contributed by atoms with Crippen molar-refractivity contribution >= 4 is 21.9 Å². The Bertz CT molecular complexity index is 3690. The molecule has 0 saturated carbocycles. The van der Waals surface area contributed by atoms with E-state index in [9.17, 15) is 21.7 Å². The highest BCUT2D eigenvalue weighted by Gasteiger charge is 2.19. The molecule has 0 aliphatic carbocycles. The zero-order chi connectivity index (χ0) is 57.4. The van der Waals surface area contributed by atoms with Crippen LogP contribution in [0.2, 0.25) is 0 Å². The molecule has 5 aromatic carbocycles. The second-order valence-electron chi connectivity index (χ2n) is 17.7. The number of furan rings is 1. The molecule has 0 aliphatic rings. The number of fused-ring (bicyclic) bond motifs is 3. The molecule has 334 valence electrons. The lowest BCUT2D eigenvalue weighted by atomic mass is 9.89. The summed E-state index contributed by atoms with van der Waals surface area (Å²) in [5.74, 6) is -1.09. The molecule has 4 aromatic heterocycles. The van der Waals surface area contributed by atoms with Crippen LogP contribution in [-0.2, 0) is 38.2 Å². The van der Waals surface area contributed by atoms with Crippen molar-refractivity contribution in [3.05, 3.63) is 207 Å². The van der Waals surface area contributed by atoms with Gasteiger partial charge in [0.25, 0.3) is 0 Å². The first-order valence-corrected chi connectivity index (χ1v) is 22.7. The van der Waals surface area contributed by atoms with Crippen LogP contribution >= 0.6 is 0 Å². The standard InChI is InChI=1S/C62H60N4O/c1-39(2)55-32-58(46-15-10-8-11-16-46)64-36-49(55)24-21-43-29-44(22-25-50-37-65-59(33-56(50)40(3)4)47-17-12-9-13-18-47)31-45(30-43)23-26-51-38-66-60(34-57(51)41(5)6)54-20-14-19-52-53-28-27-48(35-63)42(7)61(53)67-62(52)54/h8-20,27-34,36-41H,21-26H2,1-7H3/i21D2,22D2,23D2,24D2,25D2,26D2. The van der Waals surface area contributed by atoms with Crippen LogP contribution in [0, 0.1) is 18.3 Å².